The van der Waals surface area contributed by atoms with Crippen molar-refractivity contribution >= 4 is 38.1 Å². The SMILES string of the molecule is Cc1ccc(C)c(C(=O)Nc2ccc(S(=O)(=O)Nc3nccs3)cc2)c1. The molecule has 134 valence electrons. The van der Waals surface area contributed by atoms with Gasteiger partial charge in [-0.25, -0.2) is 13.4 Å². The maximum atomic E-state index is 12.4. The Morgan fingerprint density at radius 1 is 1.08 bits per heavy atom. The normalized spacial score (nSPS) is 11.2. The maximum Gasteiger partial charge on any atom is 0.263 e. The Kier molecular flexibility index (Phi) is 5.06. The van der Waals surface area contributed by atoms with E-state index in [0.717, 1.165) is 11.1 Å². The first-order valence-corrected chi connectivity index (χ1v) is 10.1. The standard InChI is InChI=1S/C18H17N3O3S2/c1-12-3-4-13(2)16(11-12)17(22)20-14-5-7-15(8-6-14)26(23,24)21-18-19-9-10-25-18/h3-11H,1-2H3,(H,19,21)(H,20,22). The minimum atomic E-state index is -3.71. The number of aromatic nitrogens is 1. The van der Waals surface area contributed by atoms with Gasteiger partial charge < -0.3 is 5.32 Å². The Hall–Kier alpha value is -2.71. The third-order valence-corrected chi connectivity index (χ3v) is 5.89. The molecule has 8 heteroatoms. The number of carbonyl (C=O) groups is 1. The average Bonchev–Trinajstić information content (AvgIpc) is 3.09. The molecule has 0 spiro atoms. The lowest BCUT2D eigenvalue weighted by Gasteiger charge is -2.10. The molecule has 2 aromatic carbocycles. The van der Waals surface area contributed by atoms with Crippen molar-refractivity contribution in [2.45, 2.75) is 18.7 Å². The van der Waals surface area contributed by atoms with Crippen molar-refractivity contribution in [2.24, 2.45) is 0 Å². The topological polar surface area (TPSA) is 88.2 Å². The molecule has 26 heavy (non-hydrogen) atoms. The first-order valence-electron chi connectivity index (χ1n) is 7.76. The summed E-state index contributed by atoms with van der Waals surface area (Å²) in [5.74, 6) is -0.234. The van der Waals surface area contributed by atoms with Gasteiger partial charge in [-0.05, 0) is 49.7 Å². The smallest absolute Gasteiger partial charge is 0.263 e. The zero-order valence-electron chi connectivity index (χ0n) is 14.2. The van der Waals surface area contributed by atoms with Gasteiger partial charge in [-0.3, -0.25) is 9.52 Å². The molecule has 1 heterocycles. The Bertz CT molecular complexity index is 1030. The molecule has 0 saturated carbocycles. The Balaban J connectivity index is 1.75. The van der Waals surface area contributed by atoms with Crippen LogP contribution in [0.4, 0.5) is 10.8 Å². The highest BCUT2D eigenvalue weighted by atomic mass is 32.2. The zero-order chi connectivity index (χ0) is 18.7. The van der Waals surface area contributed by atoms with Gasteiger partial charge in [0, 0.05) is 22.8 Å². The van der Waals surface area contributed by atoms with Crippen molar-refractivity contribution in [3.05, 3.63) is 70.7 Å². The summed E-state index contributed by atoms with van der Waals surface area (Å²) in [6, 6.07) is 11.6. The van der Waals surface area contributed by atoms with E-state index in [0.29, 0.717) is 16.4 Å². The van der Waals surface area contributed by atoms with Crippen LogP contribution >= 0.6 is 11.3 Å². The first-order chi connectivity index (χ1) is 12.3. The van der Waals surface area contributed by atoms with Crippen LogP contribution in [0.1, 0.15) is 21.5 Å². The van der Waals surface area contributed by atoms with E-state index in [9.17, 15) is 13.2 Å². The number of nitrogens with zero attached hydrogens (tertiary/aromatic N) is 1. The second kappa shape index (κ2) is 7.27. The van der Waals surface area contributed by atoms with Crippen molar-refractivity contribution in [2.75, 3.05) is 10.0 Å². The molecule has 0 fully saturated rings. The van der Waals surface area contributed by atoms with Crippen LogP contribution in [0.3, 0.4) is 0 Å². The molecule has 3 rings (SSSR count). The number of amides is 1. The highest BCUT2D eigenvalue weighted by Crippen LogP contribution is 2.20. The van der Waals surface area contributed by atoms with Crippen LogP contribution in [-0.4, -0.2) is 19.3 Å². The lowest BCUT2D eigenvalue weighted by atomic mass is 10.1. The van der Waals surface area contributed by atoms with Crippen LogP contribution in [-0.2, 0) is 10.0 Å². The molecular formula is C18H17N3O3S2. The van der Waals surface area contributed by atoms with Gasteiger partial charge in [-0.15, -0.1) is 11.3 Å². The van der Waals surface area contributed by atoms with E-state index in [4.69, 9.17) is 0 Å². The summed E-state index contributed by atoms with van der Waals surface area (Å²) < 4.78 is 27.0. The van der Waals surface area contributed by atoms with Crippen molar-refractivity contribution in [3.8, 4) is 0 Å². The molecule has 1 aromatic heterocycles. The predicted molar refractivity (Wildman–Crippen MR) is 103 cm³/mol. The van der Waals surface area contributed by atoms with E-state index in [2.05, 4.69) is 15.0 Å². The minimum absolute atomic E-state index is 0.0948. The van der Waals surface area contributed by atoms with Crippen LogP contribution in [0.25, 0.3) is 0 Å². The summed E-state index contributed by atoms with van der Waals surface area (Å²) in [5.41, 5.74) is 2.98. The van der Waals surface area contributed by atoms with Crippen molar-refractivity contribution < 1.29 is 13.2 Å². The van der Waals surface area contributed by atoms with Crippen LogP contribution in [0, 0.1) is 13.8 Å². The van der Waals surface area contributed by atoms with E-state index in [1.165, 1.54) is 29.7 Å². The van der Waals surface area contributed by atoms with E-state index in [-0.39, 0.29) is 10.8 Å². The quantitative estimate of drug-likeness (QED) is 0.697. The average molecular weight is 387 g/mol. The van der Waals surface area contributed by atoms with Gasteiger partial charge in [0.1, 0.15) is 0 Å². The van der Waals surface area contributed by atoms with Gasteiger partial charge in [0.15, 0.2) is 5.13 Å². The van der Waals surface area contributed by atoms with E-state index in [1.54, 1.807) is 17.5 Å². The summed E-state index contributed by atoms with van der Waals surface area (Å²) in [6.07, 6.45) is 1.52. The molecule has 0 aliphatic heterocycles. The Labute approximate surface area is 156 Å². The number of aryl methyl sites for hydroxylation is 2. The van der Waals surface area contributed by atoms with Gasteiger partial charge in [0.2, 0.25) is 0 Å². The molecule has 6 nitrogen and oxygen atoms in total. The number of hydrogen-bond donors (Lipinski definition) is 2. The fraction of sp³-hybridized carbons (Fsp3) is 0.111. The lowest BCUT2D eigenvalue weighted by molar-refractivity contribution is 0.102. The third kappa shape index (κ3) is 4.09. The molecule has 0 unspecified atom stereocenters. The van der Waals surface area contributed by atoms with E-state index < -0.39 is 10.0 Å². The molecule has 2 N–H and O–H groups in total. The molecule has 0 bridgehead atoms. The Morgan fingerprint density at radius 3 is 2.46 bits per heavy atom. The second-order valence-electron chi connectivity index (χ2n) is 5.74. The monoisotopic (exact) mass is 387 g/mol. The summed E-state index contributed by atoms with van der Waals surface area (Å²) in [4.78, 5) is 16.4. The number of anilines is 2. The number of nitrogens with one attached hydrogen (secondary N) is 2. The second-order valence-corrected chi connectivity index (χ2v) is 8.32. The molecule has 0 saturated heterocycles. The minimum Gasteiger partial charge on any atom is -0.322 e. The van der Waals surface area contributed by atoms with Crippen LogP contribution in [0.15, 0.2) is 58.9 Å². The van der Waals surface area contributed by atoms with Crippen molar-refractivity contribution in [1.82, 2.24) is 4.98 Å². The number of thiazole rings is 1. The lowest BCUT2D eigenvalue weighted by Crippen LogP contribution is -2.15. The highest BCUT2D eigenvalue weighted by Gasteiger charge is 2.16. The molecule has 1 amide bonds. The predicted octanol–water partition coefficient (Wildman–Crippen LogP) is 3.81. The number of benzene rings is 2. The number of sulfonamides is 1. The molecular weight excluding hydrogens is 370 g/mol. The first kappa shape index (κ1) is 18.1. The molecule has 0 atom stereocenters. The highest BCUT2D eigenvalue weighted by molar-refractivity contribution is 7.93. The third-order valence-electron chi connectivity index (χ3n) is 3.71. The van der Waals surface area contributed by atoms with Crippen LogP contribution < -0.4 is 10.0 Å². The molecule has 3 aromatic rings. The zero-order valence-corrected chi connectivity index (χ0v) is 15.8. The van der Waals surface area contributed by atoms with E-state index >= 15 is 0 Å². The van der Waals surface area contributed by atoms with Crippen molar-refractivity contribution in [3.63, 3.8) is 0 Å². The summed E-state index contributed by atoms with van der Waals surface area (Å²) in [7, 11) is -3.71. The summed E-state index contributed by atoms with van der Waals surface area (Å²) in [6.45, 7) is 3.79. The Morgan fingerprint density at radius 2 is 1.81 bits per heavy atom. The van der Waals surface area contributed by atoms with Gasteiger partial charge in [0.25, 0.3) is 15.9 Å². The van der Waals surface area contributed by atoms with E-state index in [1.807, 2.05) is 32.0 Å². The van der Waals surface area contributed by atoms with Crippen LogP contribution in [0.5, 0.6) is 0 Å². The number of hydrogen-bond acceptors (Lipinski definition) is 5. The number of carbonyl (C=O) groups excluding carboxylic acids is 1. The van der Waals surface area contributed by atoms with Gasteiger partial charge in [0.05, 0.1) is 4.90 Å². The van der Waals surface area contributed by atoms with Crippen LogP contribution in [0.2, 0.25) is 0 Å². The molecule has 0 radical (unpaired) electrons. The largest absolute Gasteiger partial charge is 0.322 e. The molecule has 0 aliphatic carbocycles. The molecule has 0 aliphatic rings. The summed E-state index contributed by atoms with van der Waals surface area (Å²) in [5, 5.41) is 4.77. The fourth-order valence-electron chi connectivity index (χ4n) is 2.34. The van der Waals surface area contributed by atoms with Gasteiger partial charge >= 0.3 is 0 Å². The number of rotatable bonds is 5. The maximum absolute atomic E-state index is 12.4. The van der Waals surface area contributed by atoms with Gasteiger partial charge in [-0.2, -0.15) is 0 Å². The van der Waals surface area contributed by atoms with Gasteiger partial charge in [-0.1, -0.05) is 17.7 Å². The van der Waals surface area contributed by atoms with Crippen molar-refractivity contribution in [1.29, 1.82) is 0 Å². The summed E-state index contributed by atoms with van der Waals surface area (Å²) >= 11 is 1.20. The fourth-order valence-corrected chi connectivity index (χ4v) is 4.13.